The number of benzene rings is 3. The normalized spacial score (nSPS) is 17.0. The molecule has 2 heterocycles. The van der Waals surface area contributed by atoms with Crippen LogP contribution in [0, 0.1) is 11.8 Å². The molecule has 11 amide bonds. The van der Waals surface area contributed by atoms with Crippen molar-refractivity contribution in [3.63, 3.8) is 0 Å². The van der Waals surface area contributed by atoms with Gasteiger partial charge in [-0.2, -0.15) is 0 Å². The molecule has 1 fully saturated rings. The van der Waals surface area contributed by atoms with Crippen molar-refractivity contribution < 1.29 is 68.1 Å². The fraction of sp³-hybridized carbons (Fsp3) is 0.484. The van der Waals surface area contributed by atoms with Gasteiger partial charge in [-0.05, 0) is 72.9 Å². The minimum absolute atomic E-state index is 0.0224. The average Bonchev–Trinajstić information content (AvgIpc) is 1.78. The van der Waals surface area contributed by atoms with E-state index in [4.69, 9.17) is 17.2 Å². The number of aliphatic hydroxyl groups is 2. The summed E-state index contributed by atoms with van der Waals surface area (Å²) in [6.45, 7) is 9.04. The maximum atomic E-state index is 14.6. The lowest BCUT2D eigenvalue weighted by Gasteiger charge is -2.30. The highest BCUT2D eigenvalue weighted by molar-refractivity contribution is 6.00. The number of rotatable bonds is 33. The number of likely N-dealkylation sites (tertiary alicyclic amines) is 1. The van der Waals surface area contributed by atoms with Crippen molar-refractivity contribution in [1.82, 2.24) is 57.7 Å². The Hall–Kier alpha value is -9.64. The van der Waals surface area contributed by atoms with Crippen LogP contribution in [0.1, 0.15) is 90.3 Å². The number of hydrogen-bond donors (Lipinski definition) is 16. The highest BCUT2D eigenvalue weighted by atomic mass is 16.3. The van der Waals surface area contributed by atoms with Crippen LogP contribution in [0.3, 0.4) is 0 Å². The van der Waals surface area contributed by atoms with Crippen LogP contribution in [0.15, 0.2) is 90.1 Å². The molecule has 0 radical (unpaired) electrons. The topological polar surface area (TPSA) is 466 Å². The second-order valence-corrected chi connectivity index (χ2v) is 23.4. The van der Waals surface area contributed by atoms with E-state index in [1.165, 1.54) is 38.2 Å². The molecule has 1 saturated heterocycles. The average molecular weight is 1270 g/mol. The zero-order valence-electron chi connectivity index (χ0n) is 52.1. The Labute approximate surface area is 527 Å². The van der Waals surface area contributed by atoms with Crippen molar-refractivity contribution in [1.29, 1.82) is 0 Å². The molecule has 0 bridgehead atoms. The molecule has 11 atom stereocenters. The number of nitrogens with zero attached hydrogens (tertiary/aromatic N) is 2. The molecule has 4 aromatic rings. The summed E-state index contributed by atoms with van der Waals surface area (Å²) in [5.41, 5.74) is 19.7. The zero-order valence-corrected chi connectivity index (χ0v) is 52.1. The second kappa shape index (κ2) is 34.4. The van der Waals surface area contributed by atoms with Crippen LogP contribution in [0.4, 0.5) is 0 Å². The third-order valence-corrected chi connectivity index (χ3v) is 15.1. The number of primary amides is 2. The third-order valence-electron chi connectivity index (χ3n) is 15.1. The van der Waals surface area contributed by atoms with E-state index >= 15 is 0 Å². The summed E-state index contributed by atoms with van der Waals surface area (Å²) >= 11 is 0. The van der Waals surface area contributed by atoms with E-state index < -0.39 is 144 Å². The molecule has 0 aliphatic carbocycles. The van der Waals surface area contributed by atoms with Crippen LogP contribution in [0.2, 0.25) is 0 Å². The molecule has 91 heavy (non-hydrogen) atoms. The first kappa shape index (κ1) is 72.1. The highest BCUT2D eigenvalue weighted by Gasteiger charge is 2.43. The summed E-state index contributed by atoms with van der Waals surface area (Å²) in [6, 6.07) is 8.45. The minimum Gasteiger partial charge on any atom is -0.508 e. The fourth-order valence-corrected chi connectivity index (χ4v) is 10.4. The van der Waals surface area contributed by atoms with Gasteiger partial charge < -0.3 is 90.3 Å². The van der Waals surface area contributed by atoms with Crippen molar-refractivity contribution in [3.05, 3.63) is 102 Å². The maximum Gasteiger partial charge on any atom is 0.246 e. The Morgan fingerprint density at radius 2 is 1.20 bits per heavy atom. The smallest absolute Gasteiger partial charge is 0.246 e. The molecule has 19 N–H and O–H groups in total. The molecule has 1 aliphatic rings. The number of guanidine groups is 1. The summed E-state index contributed by atoms with van der Waals surface area (Å²) in [5, 5.41) is 55.9. The molecule has 3 aromatic carbocycles. The van der Waals surface area contributed by atoms with Gasteiger partial charge in [0.25, 0.3) is 0 Å². The molecule has 494 valence electrons. The Bertz CT molecular complexity index is 3230. The molecule has 29 heteroatoms. The van der Waals surface area contributed by atoms with Crippen molar-refractivity contribution in [2.24, 2.45) is 34.0 Å². The van der Waals surface area contributed by atoms with Crippen LogP contribution in [0.5, 0.6) is 5.75 Å². The van der Waals surface area contributed by atoms with E-state index in [1.807, 2.05) is 24.3 Å². The number of aromatic amines is 1. The number of aromatic hydroxyl groups is 1. The second-order valence-electron chi connectivity index (χ2n) is 23.4. The van der Waals surface area contributed by atoms with Gasteiger partial charge in [-0.25, -0.2) is 0 Å². The quantitative estimate of drug-likeness (QED) is 0.0133. The number of nitrogens with two attached hydrogens (primary N) is 3. The lowest BCUT2D eigenvalue weighted by Crippen LogP contribution is -2.63. The number of H-pyrrole nitrogens is 1. The Kier molecular flexibility index (Phi) is 27.2. The van der Waals surface area contributed by atoms with Gasteiger partial charge in [-0.15, -0.1) is 0 Å². The highest BCUT2D eigenvalue weighted by Crippen LogP contribution is 2.23. The number of carbonyl (C=O) groups excluding carboxylic acids is 11. The molecule has 0 spiro atoms. The van der Waals surface area contributed by atoms with E-state index in [0.717, 1.165) is 22.7 Å². The van der Waals surface area contributed by atoms with E-state index in [-0.39, 0.29) is 75.7 Å². The summed E-state index contributed by atoms with van der Waals surface area (Å²) in [5.74, 6) is -10.7. The molecule has 1 aromatic heterocycles. The van der Waals surface area contributed by atoms with E-state index in [2.05, 4.69) is 57.8 Å². The summed E-state index contributed by atoms with van der Waals surface area (Å²) in [6.07, 6.45) is -2.34. The number of amides is 11. The lowest BCUT2D eigenvalue weighted by molar-refractivity contribution is -0.142. The summed E-state index contributed by atoms with van der Waals surface area (Å²) in [4.78, 5) is 160. The van der Waals surface area contributed by atoms with Crippen LogP contribution >= 0.6 is 0 Å². The number of hydrogen-bond acceptors (Lipinski definition) is 15. The van der Waals surface area contributed by atoms with Crippen LogP contribution in [-0.4, -0.2) is 183 Å². The zero-order chi connectivity index (χ0) is 67.2. The Balaban J connectivity index is 1.33. The number of aliphatic imine (C=N–C) groups is 1. The Morgan fingerprint density at radius 3 is 1.81 bits per heavy atom. The van der Waals surface area contributed by atoms with E-state index in [1.54, 1.807) is 64.2 Å². The van der Waals surface area contributed by atoms with Gasteiger partial charge in [0.05, 0.1) is 18.6 Å². The van der Waals surface area contributed by atoms with Crippen LogP contribution in [-0.2, 0) is 72.0 Å². The first-order valence-corrected chi connectivity index (χ1v) is 30.0. The van der Waals surface area contributed by atoms with Gasteiger partial charge in [0.15, 0.2) is 5.96 Å². The maximum absolute atomic E-state index is 14.6. The van der Waals surface area contributed by atoms with Gasteiger partial charge in [0.1, 0.15) is 60.1 Å². The van der Waals surface area contributed by atoms with Gasteiger partial charge in [-0.3, -0.25) is 57.7 Å². The number of aromatic nitrogens is 1. The van der Waals surface area contributed by atoms with Crippen molar-refractivity contribution >= 4 is 81.8 Å². The largest absolute Gasteiger partial charge is 0.508 e. The number of phenols is 1. The lowest BCUT2D eigenvalue weighted by atomic mass is 9.98. The third kappa shape index (κ3) is 22.1. The first-order chi connectivity index (χ1) is 43.0. The molecule has 0 saturated carbocycles. The van der Waals surface area contributed by atoms with Gasteiger partial charge in [0, 0.05) is 69.8 Å². The molecule has 5 rings (SSSR count). The molecule has 1 aliphatic heterocycles. The number of β-amino-alcohol motifs (C(OH)–C–C–N with tert-alkyl or cyclic N) is 1. The number of fused-ring (bicyclic) bond motifs is 1. The predicted molar refractivity (Wildman–Crippen MR) is 335 cm³/mol. The van der Waals surface area contributed by atoms with Crippen molar-refractivity contribution in [2.75, 3.05) is 20.1 Å². The predicted octanol–water partition coefficient (Wildman–Crippen LogP) is -2.48. The van der Waals surface area contributed by atoms with Crippen molar-refractivity contribution in [2.45, 2.75) is 159 Å². The molecule has 29 nitrogen and oxygen atoms in total. The number of carbonyl (C=O) groups is 11. The molecular formula is C62H87N15O14. The summed E-state index contributed by atoms with van der Waals surface area (Å²) < 4.78 is 0. The van der Waals surface area contributed by atoms with Crippen LogP contribution in [0.25, 0.3) is 10.9 Å². The number of para-hydroxylation sites is 1. The molecular weight excluding hydrogens is 1180 g/mol. The fourth-order valence-electron chi connectivity index (χ4n) is 10.4. The van der Waals surface area contributed by atoms with E-state index in [9.17, 15) is 68.1 Å². The SMILES string of the molecule is CN=C(N)NCCC[C@H](NC(=O)[C@H](CC(C)C)NC(=O)C(NC(=O)[C@H](Cc1ccccc1)NC(=O)[C@@H](NC(=O)[C@H](CC(N)=O)NC(=O)[C@@H]1C[C@@H](O)CN1C(=O)[C@@H](Cc1ccc(O)cc1)NC(C)=O)[C@@H](C)O)C(C)C)C(=O)N[C@@H](Cc1c[nH]c2ccccc12)C(N)=O. The number of nitrogens with one attached hydrogen (secondary N) is 10. The number of aliphatic hydroxyl groups excluding tert-OH is 2. The number of phenolic OH excluding ortho intramolecular Hbond substituents is 1. The van der Waals surface area contributed by atoms with E-state index in [0.29, 0.717) is 16.7 Å². The van der Waals surface area contributed by atoms with Gasteiger partial charge in [-0.1, -0.05) is 88.4 Å². The van der Waals surface area contributed by atoms with Crippen molar-refractivity contribution in [3.8, 4) is 5.75 Å². The molecule has 1 unspecified atom stereocenters. The standard InChI is InChI=1S/C62H87N15O14/c1-32(2)24-45(55(85)70-43(18-13-23-67-62(65)66-7)54(84)71-44(53(64)83)27-38-30-68-42-17-12-11-16-41(38)42)73-59(89)51(33(3)4)75-56(86)46(25-36-14-9-8-10-15-36)74-60(90)52(34(5)78)76-57(87)47(29-50(63)82)72-58(88)49-28-40(81)31-77(49)61(91)48(69-35(6)79)26-37-19-21-39(80)22-20-37/h8-12,14-17,19-22,30,32-34,40,43-49,51-52,68,78,80-81H,13,18,23-29,31H2,1-7H3,(H2,63,82)(H2,64,83)(H,69,79)(H,70,85)(H,71,84)(H,72,88)(H,73,89)(H,74,90)(H,75,86)(H,76,87)(H3,65,66,67)/t34-,40-,43+,44+,45+,46+,47+,48-,49+,51?,52+/m1/s1. The van der Waals surface area contributed by atoms with Gasteiger partial charge in [0.2, 0.25) is 65.0 Å². The first-order valence-electron chi connectivity index (χ1n) is 30.0. The summed E-state index contributed by atoms with van der Waals surface area (Å²) in [7, 11) is 1.48. The monoisotopic (exact) mass is 1270 g/mol. The Morgan fingerprint density at radius 1 is 0.637 bits per heavy atom. The van der Waals surface area contributed by atoms with Crippen LogP contribution < -0.4 is 65.1 Å². The minimum atomic E-state index is -1.89. The van der Waals surface area contributed by atoms with Gasteiger partial charge >= 0.3 is 0 Å².